The van der Waals surface area contributed by atoms with Gasteiger partial charge in [0.05, 0.1) is 5.02 Å². The lowest BCUT2D eigenvalue weighted by atomic mass is 10.4. The van der Waals surface area contributed by atoms with Crippen LogP contribution >= 0.6 is 22.9 Å². The van der Waals surface area contributed by atoms with E-state index in [1.807, 2.05) is 0 Å². The summed E-state index contributed by atoms with van der Waals surface area (Å²) in [6, 6.07) is 1.34. The van der Waals surface area contributed by atoms with Crippen LogP contribution in [0.1, 0.15) is 6.42 Å². The Hall–Kier alpha value is -0.730. The van der Waals surface area contributed by atoms with E-state index in [9.17, 15) is 22.0 Å². The van der Waals surface area contributed by atoms with Crippen molar-refractivity contribution >= 4 is 38.9 Å². The first-order chi connectivity index (χ1) is 7.74. The van der Waals surface area contributed by atoms with Crippen molar-refractivity contribution in [1.29, 1.82) is 0 Å². The quantitative estimate of drug-likeness (QED) is 0.927. The summed E-state index contributed by atoms with van der Waals surface area (Å²) in [4.78, 5) is 11.2. The number of rotatable bonds is 3. The minimum absolute atomic E-state index is 0.0437. The second-order valence-corrected chi connectivity index (χ2v) is 6.74. The third-order valence-electron chi connectivity index (χ3n) is 2.21. The highest BCUT2D eigenvalue weighted by Crippen LogP contribution is 2.48. The Bertz CT molecular complexity index is 569. The second kappa shape index (κ2) is 3.89. The van der Waals surface area contributed by atoms with Crippen LogP contribution in [0, 0.1) is 5.92 Å². The number of hydrogen-bond acceptors (Lipinski definition) is 4. The zero-order chi connectivity index (χ0) is 12.8. The van der Waals surface area contributed by atoms with Crippen LogP contribution < -0.4 is 4.72 Å². The van der Waals surface area contributed by atoms with Crippen LogP contribution in [-0.2, 0) is 14.8 Å². The maximum atomic E-state index is 12.6. The van der Waals surface area contributed by atoms with Gasteiger partial charge in [-0.3, -0.25) is 4.79 Å². The molecular weight excluding hydrogens is 296 g/mol. The number of hydrogen-bond donors (Lipinski definition) is 1. The van der Waals surface area contributed by atoms with Gasteiger partial charge in [-0.2, -0.15) is 0 Å². The number of carbonyl (C=O) groups is 1. The van der Waals surface area contributed by atoms with Gasteiger partial charge in [0.15, 0.2) is 4.21 Å². The molecule has 1 amide bonds. The SMILES string of the molecule is O=C(NS(=O)(=O)c1sccc1Cl)C1CC1(F)F. The molecule has 1 atom stereocenters. The molecule has 0 bridgehead atoms. The number of sulfonamides is 1. The Morgan fingerprint density at radius 2 is 2.18 bits per heavy atom. The number of thiophene rings is 1. The topological polar surface area (TPSA) is 63.2 Å². The summed E-state index contributed by atoms with van der Waals surface area (Å²) in [6.07, 6.45) is -0.619. The Kier molecular flexibility index (Phi) is 2.91. The zero-order valence-corrected chi connectivity index (χ0v) is 10.5. The van der Waals surface area contributed by atoms with Gasteiger partial charge < -0.3 is 0 Å². The first kappa shape index (κ1) is 12.7. The van der Waals surface area contributed by atoms with Crippen LogP contribution in [0.3, 0.4) is 0 Å². The van der Waals surface area contributed by atoms with E-state index in [1.165, 1.54) is 11.4 Å². The van der Waals surface area contributed by atoms with Crippen molar-refractivity contribution in [2.45, 2.75) is 16.6 Å². The Morgan fingerprint density at radius 1 is 1.59 bits per heavy atom. The van der Waals surface area contributed by atoms with Crippen LogP contribution in [0.25, 0.3) is 0 Å². The molecule has 1 aliphatic carbocycles. The lowest BCUT2D eigenvalue weighted by Gasteiger charge is -2.04. The molecule has 1 aromatic rings. The molecule has 1 aromatic heterocycles. The van der Waals surface area contributed by atoms with E-state index in [0.29, 0.717) is 0 Å². The van der Waals surface area contributed by atoms with Crippen molar-refractivity contribution < 1.29 is 22.0 Å². The van der Waals surface area contributed by atoms with Crippen molar-refractivity contribution in [2.75, 3.05) is 0 Å². The maximum absolute atomic E-state index is 12.6. The lowest BCUT2D eigenvalue weighted by Crippen LogP contribution is -2.32. The standard InChI is InChI=1S/C8H6ClF2NO3S2/c9-5-1-2-16-7(5)17(14,15)12-6(13)4-3-8(4,10)11/h1-2,4H,3H2,(H,12,13). The summed E-state index contributed by atoms with van der Waals surface area (Å²) in [6.45, 7) is 0. The monoisotopic (exact) mass is 301 g/mol. The highest BCUT2D eigenvalue weighted by molar-refractivity contribution is 7.92. The molecule has 0 aromatic carbocycles. The van der Waals surface area contributed by atoms with Gasteiger partial charge in [-0.15, -0.1) is 11.3 Å². The molecule has 1 unspecified atom stereocenters. The van der Waals surface area contributed by atoms with E-state index in [4.69, 9.17) is 11.6 Å². The highest BCUT2D eigenvalue weighted by atomic mass is 35.5. The highest BCUT2D eigenvalue weighted by Gasteiger charge is 2.61. The van der Waals surface area contributed by atoms with Gasteiger partial charge in [0.1, 0.15) is 5.92 Å². The molecule has 1 fully saturated rings. The summed E-state index contributed by atoms with van der Waals surface area (Å²) in [5.41, 5.74) is 0. The molecule has 0 spiro atoms. The molecule has 1 saturated carbocycles. The average Bonchev–Trinajstić information content (AvgIpc) is 2.61. The fraction of sp³-hybridized carbons (Fsp3) is 0.375. The summed E-state index contributed by atoms with van der Waals surface area (Å²) in [5, 5.41) is 1.38. The van der Waals surface area contributed by atoms with E-state index in [2.05, 4.69) is 0 Å². The first-order valence-corrected chi connectivity index (χ1v) is 7.15. The predicted molar refractivity (Wildman–Crippen MR) is 57.7 cm³/mol. The van der Waals surface area contributed by atoms with Gasteiger partial charge >= 0.3 is 0 Å². The molecule has 0 radical (unpaired) electrons. The van der Waals surface area contributed by atoms with E-state index >= 15 is 0 Å². The molecule has 94 valence electrons. The number of halogens is 3. The maximum Gasteiger partial charge on any atom is 0.275 e. The third-order valence-corrected chi connectivity index (χ3v) is 5.58. The van der Waals surface area contributed by atoms with Gasteiger partial charge in [-0.1, -0.05) is 11.6 Å². The molecule has 17 heavy (non-hydrogen) atoms. The Balaban J connectivity index is 2.14. The van der Waals surface area contributed by atoms with Crippen LogP contribution in [-0.4, -0.2) is 20.2 Å². The van der Waals surface area contributed by atoms with Gasteiger partial charge in [0, 0.05) is 6.42 Å². The third kappa shape index (κ3) is 2.43. The van der Waals surface area contributed by atoms with Crippen LogP contribution in [0.5, 0.6) is 0 Å². The molecule has 2 rings (SSSR count). The Morgan fingerprint density at radius 3 is 2.59 bits per heavy atom. The minimum Gasteiger partial charge on any atom is -0.273 e. The fourth-order valence-corrected chi connectivity index (χ4v) is 3.93. The molecule has 9 heteroatoms. The van der Waals surface area contributed by atoms with Crippen molar-refractivity contribution in [3.8, 4) is 0 Å². The largest absolute Gasteiger partial charge is 0.275 e. The van der Waals surface area contributed by atoms with Crippen molar-refractivity contribution in [3.05, 3.63) is 16.5 Å². The van der Waals surface area contributed by atoms with E-state index < -0.39 is 34.2 Å². The van der Waals surface area contributed by atoms with Gasteiger partial charge in [-0.25, -0.2) is 21.9 Å². The molecule has 0 saturated heterocycles. The van der Waals surface area contributed by atoms with E-state index in [-0.39, 0.29) is 9.23 Å². The van der Waals surface area contributed by atoms with Crippen LogP contribution in [0.15, 0.2) is 15.7 Å². The van der Waals surface area contributed by atoms with Crippen LogP contribution in [0.2, 0.25) is 5.02 Å². The van der Waals surface area contributed by atoms with Crippen molar-refractivity contribution in [2.24, 2.45) is 5.92 Å². The van der Waals surface area contributed by atoms with E-state index in [0.717, 1.165) is 11.3 Å². The van der Waals surface area contributed by atoms with Gasteiger partial charge in [-0.05, 0) is 11.4 Å². The molecular formula is C8H6ClF2NO3S2. The zero-order valence-electron chi connectivity index (χ0n) is 8.11. The minimum atomic E-state index is -4.15. The summed E-state index contributed by atoms with van der Waals surface area (Å²) < 4.78 is 49.7. The summed E-state index contributed by atoms with van der Waals surface area (Å²) in [5.74, 6) is -5.85. The summed E-state index contributed by atoms with van der Waals surface area (Å²) >= 11 is 6.40. The van der Waals surface area contributed by atoms with Gasteiger partial charge in [0.2, 0.25) is 5.91 Å². The molecule has 1 N–H and O–H groups in total. The number of carbonyl (C=O) groups excluding carboxylic acids is 1. The fourth-order valence-electron chi connectivity index (χ4n) is 1.22. The molecule has 1 aliphatic rings. The smallest absolute Gasteiger partial charge is 0.273 e. The van der Waals surface area contributed by atoms with Crippen LogP contribution in [0.4, 0.5) is 8.78 Å². The number of nitrogens with one attached hydrogen (secondary N) is 1. The van der Waals surface area contributed by atoms with E-state index in [1.54, 1.807) is 4.72 Å². The number of amides is 1. The molecule has 1 heterocycles. The van der Waals surface area contributed by atoms with Crippen molar-refractivity contribution in [3.63, 3.8) is 0 Å². The Labute approximate surface area is 105 Å². The average molecular weight is 302 g/mol. The lowest BCUT2D eigenvalue weighted by molar-refractivity contribution is -0.122. The first-order valence-electron chi connectivity index (χ1n) is 4.41. The normalized spacial score (nSPS) is 22.2. The van der Waals surface area contributed by atoms with Crippen molar-refractivity contribution in [1.82, 2.24) is 4.72 Å². The number of alkyl halides is 2. The predicted octanol–water partition coefficient (Wildman–Crippen LogP) is 1.86. The second-order valence-electron chi connectivity index (χ2n) is 3.54. The molecule has 0 aliphatic heterocycles. The van der Waals surface area contributed by atoms with Gasteiger partial charge in [0.25, 0.3) is 15.9 Å². The molecule has 4 nitrogen and oxygen atoms in total. The summed E-state index contributed by atoms with van der Waals surface area (Å²) in [7, 11) is -4.15.